The summed E-state index contributed by atoms with van der Waals surface area (Å²) in [6.45, 7) is 0. The molecule has 8 heteroatoms. The van der Waals surface area contributed by atoms with E-state index in [1.807, 2.05) is 48.8 Å². The van der Waals surface area contributed by atoms with Crippen molar-refractivity contribution in [3.05, 3.63) is 132 Å². The molecule has 0 amide bonds. The van der Waals surface area contributed by atoms with E-state index < -0.39 is 5.60 Å². The quantitative estimate of drug-likeness (QED) is 0.327. The summed E-state index contributed by atoms with van der Waals surface area (Å²) < 4.78 is 7.16. The normalized spacial score (nSPS) is 19.6. The molecule has 0 spiro atoms. The van der Waals surface area contributed by atoms with Crippen molar-refractivity contribution in [2.24, 2.45) is 0 Å². The number of hydrogen-bond acceptors (Lipinski definition) is 5. The van der Waals surface area contributed by atoms with Crippen molar-refractivity contribution in [3.8, 4) is 0 Å². The molecule has 0 bridgehead atoms. The van der Waals surface area contributed by atoms with E-state index in [-0.39, 0.29) is 5.92 Å². The summed E-state index contributed by atoms with van der Waals surface area (Å²) in [7, 11) is 0. The lowest BCUT2D eigenvalue weighted by Crippen LogP contribution is -2.35. The van der Waals surface area contributed by atoms with Gasteiger partial charge in [0.25, 0.3) is 0 Å². The first-order valence-corrected chi connectivity index (χ1v) is 11.7. The zero-order chi connectivity index (χ0) is 24.0. The second kappa shape index (κ2) is 8.06. The molecule has 7 rings (SSSR count). The molecule has 0 fully saturated rings. The van der Waals surface area contributed by atoms with Crippen molar-refractivity contribution in [3.63, 3.8) is 0 Å². The molecule has 174 valence electrons. The van der Waals surface area contributed by atoms with Gasteiger partial charge in [0.1, 0.15) is 11.5 Å². The Hall–Kier alpha value is -4.98. The van der Waals surface area contributed by atoms with Crippen LogP contribution in [0.25, 0.3) is 22.2 Å². The van der Waals surface area contributed by atoms with Crippen LogP contribution >= 0.6 is 0 Å². The Labute approximate surface area is 206 Å². The maximum absolute atomic E-state index is 7.16. The van der Waals surface area contributed by atoms with Crippen LogP contribution in [0.5, 0.6) is 0 Å². The van der Waals surface area contributed by atoms with E-state index in [2.05, 4.69) is 59.4 Å². The van der Waals surface area contributed by atoms with E-state index in [0.717, 1.165) is 44.8 Å². The number of benzene rings is 1. The molecule has 0 aliphatic carbocycles. The minimum Gasteiger partial charge on any atom is -0.473 e. The highest BCUT2D eigenvalue weighted by atomic mass is 16.5. The maximum atomic E-state index is 7.16. The minimum absolute atomic E-state index is 0.300. The van der Waals surface area contributed by atoms with Crippen LogP contribution in [0.4, 0.5) is 0 Å². The average Bonchev–Trinajstić information content (AvgIpc) is 3.74. The van der Waals surface area contributed by atoms with Crippen molar-refractivity contribution >= 4 is 22.2 Å². The fourth-order valence-electron chi connectivity index (χ4n) is 5.26. The summed E-state index contributed by atoms with van der Waals surface area (Å²) in [5.41, 5.74) is 4.61. The second-order valence-electron chi connectivity index (χ2n) is 8.71. The zero-order valence-electron chi connectivity index (χ0n) is 19.1. The van der Waals surface area contributed by atoms with Crippen LogP contribution in [-0.4, -0.2) is 35.1 Å². The SMILES string of the molecule is c1cncc(C2C(c3ncc[nH]3)=C(c3ccn[nH]3)OC2(c2ccncc2)c2cc3ccccc3[nH]2)c1. The summed E-state index contributed by atoms with van der Waals surface area (Å²) in [6.07, 6.45) is 12.6. The molecule has 1 aliphatic heterocycles. The van der Waals surface area contributed by atoms with E-state index in [1.165, 1.54) is 0 Å². The number of nitrogens with zero attached hydrogens (tertiary/aromatic N) is 4. The first-order chi connectivity index (χ1) is 17.8. The number of para-hydroxylation sites is 1. The minimum atomic E-state index is -0.965. The molecule has 6 aromatic rings. The lowest BCUT2D eigenvalue weighted by atomic mass is 9.73. The number of ether oxygens (including phenoxy) is 1. The van der Waals surface area contributed by atoms with Crippen LogP contribution < -0.4 is 0 Å². The highest BCUT2D eigenvalue weighted by Crippen LogP contribution is 2.59. The number of pyridine rings is 2. The molecule has 6 heterocycles. The third kappa shape index (κ3) is 3.01. The van der Waals surface area contributed by atoms with Crippen molar-refractivity contribution in [1.82, 2.24) is 35.1 Å². The topological polar surface area (TPSA) is 108 Å². The number of aromatic nitrogens is 7. The molecule has 2 unspecified atom stereocenters. The van der Waals surface area contributed by atoms with Gasteiger partial charge in [-0.3, -0.25) is 15.1 Å². The Bertz CT molecular complexity index is 1620. The van der Waals surface area contributed by atoms with Gasteiger partial charge in [-0.1, -0.05) is 24.3 Å². The predicted octanol–water partition coefficient (Wildman–Crippen LogP) is 5.03. The van der Waals surface area contributed by atoms with Crippen LogP contribution in [0.3, 0.4) is 0 Å². The molecule has 3 N–H and O–H groups in total. The highest BCUT2D eigenvalue weighted by Gasteiger charge is 2.55. The molecule has 1 aromatic carbocycles. The van der Waals surface area contributed by atoms with Crippen LogP contribution in [-0.2, 0) is 10.3 Å². The van der Waals surface area contributed by atoms with E-state index in [4.69, 9.17) is 4.74 Å². The van der Waals surface area contributed by atoms with Gasteiger partial charge in [-0.2, -0.15) is 5.10 Å². The number of fused-ring (bicyclic) bond motifs is 1. The summed E-state index contributed by atoms with van der Waals surface area (Å²) >= 11 is 0. The third-order valence-electron chi connectivity index (χ3n) is 6.76. The number of aromatic amines is 3. The molecule has 1 aliphatic rings. The molecule has 36 heavy (non-hydrogen) atoms. The molecule has 0 saturated carbocycles. The van der Waals surface area contributed by atoms with Crippen molar-refractivity contribution in [2.45, 2.75) is 11.5 Å². The summed E-state index contributed by atoms with van der Waals surface area (Å²) in [5.74, 6) is 1.10. The van der Waals surface area contributed by atoms with Crippen LogP contribution in [0.1, 0.15) is 34.3 Å². The maximum Gasteiger partial charge on any atom is 0.185 e. The fraction of sp³-hybridized carbons (Fsp3) is 0.0714. The Morgan fingerprint density at radius 2 is 1.78 bits per heavy atom. The lowest BCUT2D eigenvalue weighted by molar-refractivity contribution is 0.0807. The van der Waals surface area contributed by atoms with Gasteiger partial charge in [0, 0.05) is 54.5 Å². The van der Waals surface area contributed by atoms with Gasteiger partial charge in [0.2, 0.25) is 0 Å². The zero-order valence-corrected chi connectivity index (χ0v) is 19.1. The van der Waals surface area contributed by atoms with E-state index in [1.54, 1.807) is 31.0 Å². The smallest absolute Gasteiger partial charge is 0.185 e. The van der Waals surface area contributed by atoms with Crippen LogP contribution in [0, 0.1) is 0 Å². The largest absolute Gasteiger partial charge is 0.473 e. The number of H-pyrrole nitrogens is 3. The lowest BCUT2D eigenvalue weighted by Gasteiger charge is -2.36. The second-order valence-corrected chi connectivity index (χ2v) is 8.71. The molecule has 5 aromatic heterocycles. The number of hydrogen-bond donors (Lipinski definition) is 3. The third-order valence-corrected chi connectivity index (χ3v) is 6.76. The van der Waals surface area contributed by atoms with Crippen molar-refractivity contribution in [1.29, 1.82) is 0 Å². The van der Waals surface area contributed by atoms with Crippen LogP contribution in [0.15, 0.2) is 104 Å². The first-order valence-electron chi connectivity index (χ1n) is 11.7. The van der Waals surface area contributed by atoms with Gasteiger partial charge in [-0.15, -0.1) is 0 Å². The van der Waals surface area contributed by atoms with E-state index >= 15 is 0 Å². The number of nitrogens with one attached hydrogen (secondary N) is 3. The van der Waals surface area contributed by atoms with Crippen molar-refractivity contribution < 1.29 is 4.74 Å². The first kappa shape index (κ1) is 20.4. The Morgan fingerprint density at radius 1 is 0.861 bits per heavy atom. The summed E-state index contributed by atoms with van der Waals surface area (Å²) in [5, 5.41) is 8.41. The van der Waals surface area contributed by atoms with E-state index in [0.29, 0.717) is 5.76 Å². The monoisotopic (exact) mass is 471 g/mol. The predicted molar refractivity (Wildman–Crippen MR) is 135 cm³/mol. The molecular weight excluding hydrogens is 450 g/mol. The molecule has 0 radical (unpaired) electrons. The molecule has 0 saturated heterocycles. The Morgan fingerprint density at radius 3 is 2.53 bits per heavy atom. The van der Waals surface area contributed by atoms with E-state index in [9.17, 15) is 0 Å². The van der Waals surface area contributed by atoms with Gasteiger partial charge in [0.05, 0.1) is 17.2 Å². The highest BCUT2D eigenvalue weighted by molar-refractivity contribution is 5.93. The van der Waals surface area contributed by atoms with Crippen LogP contribution in [0.2, 0.25) is 0 Å². The standard InChI is InChI=1S/C28H21N7O/c1-2-6-21-18(4-1)16-23(34-21)28(20-7-11-29-12-8-20)25(19-5-3-10-30-17-19)24(27-31-14-15-32-27)26(36-28)22-9-13-33-35-22/h1-17,25,34H,(H,31,32)(H,33,35). The Balaban J connectivity index is 1.59. The van der Waals surface area contributed by atoms with Gasteiger partial charge in [-0.05, 0) is 47.3 Å². The van der Waals surface area contributed by atoms with Crippen molar-refractivity contribution in [2.75, 3.05) is 0 Å². The molecule has 8 nitrogen and oxygen atoms in total. The fourth-order valence-corrected chi connectivity index (χ4v) is 5.26. The van der Waals surface area contributed by atoms with Gasteiger partial charge < -0.3 is 14.7 Å². The van der Waals surface area contributed by atoms with Gasteiger partial charge >= 0.3 is 0 Å². The van der Waals surface area contributed by atoms with Gasteiger partial charge in [0.15, 0.2) is 11.4 Å². The Kier molecular flexibility index (Phi) is 4.56. The molecule has 2 atom stereocenters. The summed E-state index contributed by atoms with van der Waals surface area (Å²) in [4.78, 5) is 20.4. The average molecular weight is 472 g/mol. The number of rotatable bonds is 5. The molecular formula is C28H21N7O. The van der Waals surface area contributed by atoms with Gasteiger partial charge in [-0.25, -0.2) is 4.98 Å². The number of imidazole rings is 1. The summed E-state index contributed by atoms with van der Waals surface area (Å²) in [6, 6.07) is 20.3.